The van der Waals surface area contributed by atoms with Crippen LogP contribution in [0.3, 0.4) is 0 Å². The van der Waals surface area contributed by atoms with E-state index < -0.39 is 15.3 Å². The SMILES string of the molecule is O=S(=O)(c1ccccc1)[C@H]1C[C@H]2CCCN2O1. The van der Waals surface area contributed by atoms with Crippen LogP contribution in [0.25, 0.3) is 0 Å². The standard InChI is InChI=1S/C12H15NO3S/c14-17(15,11-6-2-1-3-7-11)12-9-10-5-4-8-13(10)16-12/h1-3,6-7,10,12H,4-5,8-9H2/t10-,12+/m1/s1. The van der Waals surface area contributed by atoms with E-state index in [1.807, 2.05) is 11.1 Å². The molecule has 2 aliphatic rings. The van der Waals surface area contributed by atoms with E-state index in [1.165, 1.54) is 0 Å². The normalized spacial score (nSPS) is 29.4. The van der Waals surface area contributed by atoms with Gasteiger partial charge >= 0.3 is 0 Å². The number of nitrogens with zero attached hydrogens (tertiary/aromatic N) is 1. The van der Waals surface area contributed by atoms with Gasteiger partial charge in [-0.3, -0.25) is 4.84 Å². The van der Waals surface area contributed by atoms with E-state index in [4.69, 9.17) is 4.84 Å². The second-order valence-corrected chi connectivity index (χ2v) is 6.65. The lowest BCUT2D eigenvalue weighted by Crippen LogP contribution is -2.24. The predicted molar refractivity (Wildman–Crippen MR) is 62.8 cm³/mol. The Morgan fingerprint density at radius 3 is 2.71 bits per heavy atom. The zero-order valence-corrected chi connectivity index (χ0v) is 10.3. The van der Waals surface area contributed by atoms with Crippen molar-refractivity contribution in [1.82, 2.24) is 5.06 Å². The lowest BCUT2D eigenvalue weighted by atomic mass is 10.2. The monoisotopic (exact) mass is 253 g/mol. The van der Waals surface area contributed by atoms with Crippen LogP contribution in [0.15, 0.2) is 35.2 Å². The molecule has 17 heavy (non-hydrogen) atoms. The second-order valence-electron chi connectivity index (χ2n) is 4.57. The third kappa shape index (κ3) is 1.88. The molecule has 0 bridgehead atoms. The van der Waals surface area contributed by atoms with Crippen LogP contribution in [0.5, 0.6) is 0 Å². The fraction of sp³-hybridized carbons (Fsp3) is 0.500. The molecule has 5 heteroatoms. The molecule has 0 amide bonds. The molecule has 1 aromatic carbocycles. The summed E-state index contributed by atoms with van der Waals surface area (Å²) >= 11 is 0. The fourth-order valence-electron chi connectivity index (χ4n) is 2.54. The molecule has 3 rings (SSSR count). The van der Waals surface area contributed by atoms with Gasteiger partial charge in [0, 0.05) is 19.0 Å². The smallest absolute Gasteiger partial charge is 0.207 e. The van der Waals surface area contributed by atoms with Crippen LogP contribution in [-0.4, -0.2) is 31.5 Å². The van der Waals surface area contributed by atoms with Crippen LogP contribution in [0.2, 0.25) is 0 Å². The summed E-state index contributed by atoms with van der Waals surface area (Å²) in [5.41, 5.74) is -0.699. The molecular formula is C12H15NO3S. The Kier molecular flexibility index (Phi) is 2.69. The topological polar surface area (TPSA) is 46.6 Å². The van der Waals surface area contributed by atoms with Crippen molar-refractivity contribution in [1.29, 1.82) is 0 Å². The molecule has 0 aliphatic carbocycles. The molecule has 0 spiro atoms. The minimum absolute atomic E-state index is 0.290. The number of hydrogen-bond donors (Lipinski definition) is 0. The fourth-order valence-corrected chi connectivity index (χ4v) is 4.08. The van der Waals surface area contributed by atoms with Gasteiger partial charge in [0.2, 0.25) is 9.84 Å². The predicted octanol–water partition coefficient (Wildman–Crippen LogP) is 1.59. The van der Waals surface area contributed by atoms with E-state index in [9.17, 15) is 8.42 Å². The summed E-state index contributed by atoms with van der Waals surface area (Å²) in [6, 6.07) is 8.83. The van der Waals surface area contributed by atoms with Gasteiger partial charge in [-0.25, -0.2) is 8.42 Å². The molecule has 2 saturated heterocycles. The maximum atomic E-state index is 12.3. The van der Waals surface area contributed by atoms with Crippen LogP contribution in [-0.2, 0) is 14.7 Å². The summed E-state index contributed by atoms with van der Waals surface area (Å²) < 4.78 is 24.6. The van der Waals surface area contributed by atoms with Gasteiger partial charge in [-0.15, -0.1) is 0 Å². The number of rotatable bonds is 2. The molecule has 0 N–H and O–H groups in total. The Balaban J connectivity index is 1.86. The molecular weight excluding hydrogens is 238 g/mol. The average molecular weight is 253 g/mol. The molecule has 4 nitrogen and oxygen atoms in total. The Morgan fingerprint density at radius 2 is 2.00 bits per heavy atom. The van der Waals surface area contributed by atoms with Gasteiger partial charge in [0.15, 0.2) is 5.44 Å². The number of hydrogen-bond acceptors (Lipinski definition) is 4. The van der Waals surface area contributed by atoms with Gasteiger partial charge in [0.25, 0.3) is 0 Å². The molecule has 0 saturated carbocycles. The van der Waals surface area contributed by atoms with Crippen molar-refractivity contribution in [3.63, 3.8) is 0 Å². The highest BCUT2D eigenvalue weighted by atomic mass is 32.2. The van der Waals surface area contributed by atoms with Gasteiger partial charge in [-0.2, -0.15) is 5.06 Å². The summed E-state index contributed by atoms with van der Waals surface area (Å²) in [5, 5.41) is 1.84. The highest BCUT2D eigenvalue weighted by Crippen LogP contribution is 2.34. The van der Waals surface area contributed by atoms with Gasteiger partial charge in [-0.1, -0.05) is 18.2 Å². The van der Waals surface area contributed by atoms with Crippen molar-refractivity contribution in [2.75, 3.05) is 6.54 Å². The van der Waals surface area contributed by atoms with Gasteiger partial charge in [-0.05, 0) is 25.0 Å². The Hall–Kier alpha value is -0.910. The van der Waals surface area contributed by atoms with Gasteiger partial charge in [0.1, 0.15) is 0 Å². The zero-order chi connectivity index (χ0) is 11.9. The number of sulfone groups is 1. The maximum absolute atomic E-state index is 12.3. The highest BCUT2D eigenvalue weighted by molar-refractivity contribution is 7.92. The lowest BCUT2D eigenvalue weighted by Gasteiger charge is -2.14. The lowest BCUT2D eigenvalue weighted by molar-refractivity contribution is -0.125. The molecule has 0 aromatic heterocycles. The van der Waals surface area contributed by atoms with E-state index in [-0.39, 0.29) is 0 Å². The molecule has 0 radical (unpaired) electrons. The molecule has 2 atom stereocenters. The van der Waals surface area contributed by atoms with Crippen molar-refractivity contribution in [2.24, 2.45) is 0 Å². The summed E-state index contributed by atoms with van der Waals surface area (Å²) in [5.74, 6) is 0. The van der Waals surface area contributed by atoms with Crippen molar-refractivity contribution in [2.45, 2.75) is 35.6 Å². The summed E-state index contributed by atoms with van der Waals surface area (Å²) in [7, 11) is -3.34. The van der Waals surface area contributed by atoms with Crippen molar-refractivity contribution in [3.05, 3.63) is 30.3 Å². The van der Waals surface area contributed by atoms with Crippen LogP contribution < -0.4 is 0 Å². The Morgan fingerprint density at radius 1 is 1.24 bits per heavy atom. The van der Waals surface area contributed by atoms with Crippen LogP contribution in [0, 0.1) is 0 Å². The number of benzene rings is 1. The quantitative estimate of drug-likeness (QED) is 0.803. The van der Waals surface area contributed by atoms with Gasteiger partial charge in [0.05, 0.1) is 4.90 Å². The largest absolute Gasteiger partial charge is 0.279 e. The van der Waals surface area contributed by atoms with E-state index in [0.717, 1.165) is 19.4 Å². The van der Waals surface area contributed by atoms with E-state index in [2.05, 4.69) is 0 Å². The van der Waals surface area contributed by atoms with Crippen molar-refractivity contribution < 1.29 is 13.3 Å². The molecule has 92 valence electrons. The molecule has 2 heterocycles. The van der Waals surface area contributed by atoms with Crippen LogP contribution >= 0.6 is 0 Å². The maximum Gasteiger partial charge on any atom is 0.207 e. The zero-order valence-electron chi connectivity index (χ0n) is 9.45. The minimum atomic E-state index is -3.34. The first kappa shape index (κ1) is 11.2. The molecule has 2 aliphatic heterocycles. The summed E-state index contributed by atoms with van der Waals surface area (Å²) in [6.45, 7) is 0.853. The van der Waals surface area contributed by atoms with E-state index in [0.29, 0.717) is 17.4 Å². The molecule has 2 fully saturated rings. The van der Waals surface area contributed by atoms with Crippen LogP contribution in [0.4, 0.5) is 0 Å². The number of hydroxylamine groups is 2. The highest BCUT2D eigenvalue weighted by Gasteiger charge is 2.43. The Labute approximate surface area is 101 Å². The molecule has 0 unspecified atom stereocenters. The first-order chi connectivity index (χ1) is 8.18. The summed E-state index contributed by atoms with van der Waals surface area (Å²) in [4.78, 5) is 5.90. The van der Waals surface area contributed by atoms with E-state index >= 15 is 0 Å². The first-order valence-electron chi connectivity index (χ1n) is 5.90. The molecule has 1 aromatic rings. The third-order valence-electron chi connectivity index (χ3n) is 3.46. The van der Waals surface area contributed by atoms with Crippen LogP contribution in [0.1, 0.15) is 19.3 Å². The van der Waals surface area contributed by atoms with Crippen molar-refractivity contribution >= 4 is 9.84 Å². The first-order valence-corrected chi connectivity index (χ1v) is 7.45. The number of fused-ring (bicyclic) bond motifs is 1. The van der Waals surface area contributed by atoms with Crippen molar-refractivity contribution in [3.8, 4) is 0 Å². The van der Waals surface area contributed by atoms with Gasteiger partial charge < -0.3 is 0 Å². The summed E-state index contributed by atoms with van der Waals surface area (Å²) in [6.07, 6.45) is 2.74. The average Bonchev–Trinajstić information content (AvgIpc) is 2.90. The Bertz CT molecular complexity index is 488. The van der Waals surface area contributed by atoms with E-state index in [1.54, 1.807) is 24.3 Å². The second kappa shape index (κ2) is 4.08. The third-order valence-corrected chi connectivity index (χ3v) is 5.36. The minimum Gasteiger partial charge on any atom is -0.279 e.